The largest absolute Gasteiger partial charge is 0.468 e. The fourth-order valence-corrected chi connectivity index (χ4v) is 3.96. The van der Waals surface area contributed by atoms with Gasteiger partial charge in [-0.2, -0.15) is 0 Å². The molecule has 120 valence electrons. The van der Waals surface area contributed by atoms with Crippen molar-refractivity contribution in [2.75, 3.05) is 13.7 Å². The molecule has 0 aliphatic heterocycles. The first-order valence-corrected chi connectivity index (χ1v) is 8.69. The van der Waals surface area contributed by atoms with Crippen molar-refractivity contribution in [1.82, 2.24) is 5.32 Å². The maximum Gasteiger partial charge on any atom is 0.326 e. The third kappa shape index (κ3) is 3.78. The normalized spacial score (nSPS) is 34.0. The molecule has 2 unspecified atom stereocenters. The molecule has 3 aliphatic rings. The highest BCUT2D eigenvalue weighted by atomic mass is 16.5. The summed E-state index contributed by atoms with van der Waals surface area (Å²) in [5.41, 5.74) is -0.479. The van der Waals surface area contributed by atoms with E-state index in [0.717, 1.165) is 31.8 Å². The van der Waals surface area contributed by atoms with Gasteiger partial charge in [0.2, 0.25) is 0 Å². The van der Waals surface area contributed by atoms with E-state index in [0.29, 0.717) is 6.04 Å². The first kappa shape index (κ1) is 15.3. The second-order valence-electron chi connectivity index (χ2n) is 7.19. The Morgan fingerprint density at radius 3 is 2.57 bits per heavy atom. The van der Waals surface area contributed by atoms with E-state index in [9.17, 15) is 4.79 Å². The molecule has 1 N–H and O–H groups in total. The SMILES string of the molecule is COC(=O)C1(NC2CC2)CCC(OCC2CCCCC2)C1. The number of carbonyl (C=O) groups is 1. The Morgan fingerprint density at radius 2 is 1.90 bits per heavy atom. The summed E-state index contributed by atoms with van der Waals surface area (Å²) in [7, 11) is 1.49. The Kier molecular flexibility index (Phi) is 4.85. The van der Waals surface area contributed by atoms with Crippen LogP contribution in [0.2, 0.25) is 0 Å². The van der Waals surface area contributed by atoms with Crippen LogP contribution in [0.15, 0.2) is 0 Å². The second-order valence-corrected chi connectivity index (χ2v) is 7.19. The zero-order valence-corrected chi connectivity index (χ0v) is 13.2. The van der Waals surface area contributed by atoms with Crippen molar-refractivity contribution in [3.63, 3.8) is 0 Å². The average molecular weight is 295 g/mol. The summed E-state index contributed by atoms with van der Waals surface area (Å²) in [5.74, 6) is 0.640. The maximum absolute atomic E-state index is 12.2. The Labute approximate surface area is 127 Å². The summed E-state index contributed by atoms with van der Waals surface area (Å²) >= 11 is 0. The average Bonchev–Trinajstić information content (AvgIpc) is 3.23. The molecule has 2 atom stereocenters. The lowest BCUT2D eigenvalue weighted by molar-refractivity contribution is -0.149. The molecule has 0 saturated heterocycles. The molecule has 4 heteroatoms. The van der Waals surface area contributed by atoms with Crippen LogP contribution in [0.4, 0.5) is 0 Å². The number of methoxy groups -OCH3 is 1. The fraction of sp³-hybridized carbons (Fsp3) is 0.941. The third-order valence-electron chi connectivity index (χ3n) is 5.40. The molecule has 0 heterocycles. The fourth-order valence-electron chi connectivity index (χ4n) is 3.96. The van der Waals surface area contributed by atoms with Gasteiger partial charge in [0, 0.05) is 19.1 Å². The first-order valence-electron chi connectivity index (χ1n) is 8.69. The zero-order chi connectivity index (χ0) is 14.7. The lowest BCUT2D eigenvalue weighted by atomic mass is 9.90. The number of ether oxygens (including phenoxy) is 2. The van der Waals surface area contributed by atoms with Crippen molar-refractivity contribution in [3.8, 4) is 0 Å². The summed E-state index contributed by atoms with van der Waals surface area (Å²) in [5, 5.41) is 3.53. The molecule has 4 nitrogen and oxygen atoms in total. The molecule has 3 saturated carbocycles. The van der Waals surface area contributed by atoms with Crippen LogP contribution in [-0.4, -0.2) is 37.4 Å². The standard InChI is InChI=1S/C17H29NO3/c1-20-16(19)17(18-14-7-8-14)10-9-15(11-17)21-12-13-5-3-2-4-6-13/h13-15,18H,2-12H2,1H3. The van der Waals surface area contributed by atoms with Gasteiger partial charge in [0.05, 0.1) is 13.2 Å². The molecular formula is C17H29NO3. The van der Waals surface area contributed by atoms with Crippen molar-refractivity contribution < 1.29 is 14.3 Å². The van der Waals surface area contributed by atoms with Gasteiger partial charge in [0.25, 0.3) is 0 Å². The van der Waals surface area contributed by atoms with E-state index in [2.05, 4.69) is 5.32 Å². The van der Waals surface area contributed by atoms with Crippen molar-refractivity contribution in [2.45, 2.75) is 81.9 Å². The van der Waals surface area contributed by atoms with Crippen LogP contribution in [-0.2, 0) is 14.3 Å². The Hall–Kier alpha value is -0.610. The van der Waals surface area contributed by atoms with Gasteiger partial charge >= 0.3 is 5.97 Å². The molecule has 0 spiro atoms. The molecule has 3 rings (SSSR count). The van der Waals surface area contributed by atoms with Crippen LogP contribution in [0.5, 0.6) is 0 Å². The minimum Gasteiger partial charge on any atom is -0.468 e. The van der Waals surface area contributed by atoms with E-state index in [1.807, 2.05) is 0 Å². The second kappa shape index (κ2) is 6.66. The van der Waals surface area contributed by atoms with Crippen LogP contribution >= 0.6 is 0 Å². The van der Waals surface area contributed by atoms with Crippen LogP contribution in [0.3, 0.4) is 0 Å². The molecule has 0 bridgehead atoms. The van der Waals surface area contributed by atoms with Gasteiger partial charge in [0.15, 0.2) is 0 Å². The maximum atomic E-state index is 12.2. The highest BCUT2D eigenvalue weighted by Crippen LogP contribution is 2.37. The minimum absolute atomic E-state index is 0.0989. The molecule has 0 aromatic rings. The smallest absolute Gasteiger partial charge is 0.326 e. The van der Waals surface area contributed by atoms with E-state index in [4.69, 9.17) is 9.47 Å². The third-order valence-corrected chi connectivity index (χ3v) is 5.40. The zero-order valence-electron chi connectivity index (χ0n) is 13.2. The topological polar surface area (TPSA) is 47.6 Å². The summed E-state index contributed by atoms with van der Waals surface area (Å²) in [6, 6.07) is 0.515. The lowest BCUT2D eigenvalue weighted by Crippen LogP contribution is -2.52. The summed E-state index contributed by atoms with van der Waals surface area (Å²) < 4.78 is 11.2. The number of nitrogens with one attached hydrogen (secondary N) is 1. The number of rotatable bonds is 6. The number of hydrogen-bond donors (Lipinski definition) is 1. The molecule has 0 aromatic carbocycles. The van der Waals surface area contributed by atoms with Gasteiger partial charge in [0.1, 0.15) is 5.54 Å². The highest BCUT2D eigenvalue weighted by Gasteiger charge is 2.49. The molecule has 0 aromatic heterocycles. The molecule has 3 aliphatic carbocycles. The lowest BCUT2D eigenvalue weighted by Gasteiger charge is -2.28. The Bertz CT molecular complexity index is 363. The van der Waals surface area contributed by atoms with Gasteiger partial charge < -0.3 is 9.47 Å². The van der Waals surface area contributed by atoms with Gasteiger partial charge in [-0.1, -0.05) is 19.3 Å². The van der Waals surface area contributed by atoms with Crippen LogP contribution in [0, 0.1) is 5.92 Å². The predicted octanol–water partition coefficient (Wildman–Crippen LogP) is 2.80. The monoisotopic (exact) mass is 295 g/mol. The van der Waals surface area contributed by atoms with Crippen LogP contribution < -0.4 is 5.32 Å². The van der Waals surface area contributed by atoms with E-state index in [1.165, 1.54) is 52.1 Å². The van der Waals surface area contributed by atoms with E-state index in [1.54, 1.807) is 0 Å². The van der Waals surface area contributed by atoms with Crippen molar-refractivity contribution in [1.29, 1.82) is 0 Å². The summed E-state index contributed by atoms with van der Waals surface area (Å²) in [6.45, 7) is 0.880. The van der Waals surface area contributed by atoms with Crippen LogP contribution in [0.1, 0.15) is 64.2 Å². The molecule has 0 radical (unpaired) electrons. The summed E-state index contributed by atoms with van der Waals surface area (Å²) in [6.07, 6.45) is 11.9. The summed E-state index contributed by atoms with van der Waals surface area (Å²) in [4.78, 5) is 12.2. The first-order chi connectivity index (χ1) is 10.2. The molecular weight excluding hydrogens is 266 g/mol. The quantitative estimate of drug-likeness (QED) is 0.766. The number of esters is 1. The van der Waals surface area contributed by atoms with E-state index in [-0.39, 0.29) is 12.1 Å². The molecule has 0 amide bonds. The van der Waals surface area contributed by atoms with Crippen molar-refractivity contribution in [3.05, 3.63) is 0 Å². The minimum atomic E-state index is -0.479. The van der Waals surface area contributed by atoms with Gasteiger partial charge in [-0.05, 0) is 44.4 Å². The van der Waals surface area contributed by atoms with Gasteiger partial charge in [-0.25, -0.2) is 0 Å². The Balaban J connectivity index is 1.50. The van der Waals surface area contributed by atoms with Crippen LogP contribution in [0.25, 0.3) is 0 Å². The van der Waals surface area contributed by atoms with Gasteiger partial charge in [-0.3, -0.25) is 10.1 Å². The number of carbonyl (C=O) groups excluding carboxylic acids is 1. The highest BCUT2D eigenvalue weighted by molar-refractivity contribution is 5.81. The predicted molar refractivity (Wildman–Crippen MR) is 81.1 cm³/mol. The van der Waals surface area contributed by atoms with E-state index < -0.39 is 5.54 Å². The molecule has 3 fully saturated rings. The number of hydrogen-bond acceptors (Lipinski definition) is 4. The molecule has 21 heavy (non-hydrogen) atoms. The van der Waals surface area contributed by atoms with E-state index >= 15 is 0 Å². The Morgan fingerprint density at radius 1 is 1.14 bits per heavy atom. The van der Waals surface area contributed by atoms with Crippen molar-refractivity contribution in [2.24, 2.45) is 5.92 Å². The van der Waals surface area contributed by atoms with Gasteiger partial charge in [-0.15, -0.1) is 0 Å². The van der Waals surface area contributed by atoms with Crippen molar-refractivity contribution >= 4 is 5.97 Å².